The molecule has 9 heteroatoms. The predicted octanol–water partition coefficient (Wildman–Crippen LogP) is 3.50. The molecular weight excluding hydrogens is 376 g/mol. The van der Waals surface area contributed by atoms with Crippen molar-refractivity contribution in [1.29, 1.82) is 0 Å². The molecule has 138 valence electrons. The Bertz CT molecular complexity index is 972. The molecule has 0 N–H and O–H groups in total. The Kier molecular flexibility index (Phi) is 5.95. The first-order valence-corrected chi connectivity index (χ1v) is 9.47. The van der Waals surface area contributed by atoms with E-state index in [0.717, 1.165) is 0 Å². The number of aryl methyl sites for hydroxylation is 1. The van der Waals surface area contributed by atoms with Crippen LogP contribution < -0.4 is 5.56 Å². The summed E-state index contributed by atoms with van der Waals surface area (Å²) in [5, 5.41) is 5.39. The Hall–Kier alpha value is -1.90. The molecule has 3 rings (SSSR count). The summed E-state index contributed by atoms with van der Waals surface area (Å²) in [6.45, 7) is 4.71. The van der Waals surface area contributed by atoms with Crippen molar-refractivity contribution < 1.29 is 9.26 Å². The van der Waals surface area contributed by atoms with E-state index in [9.17, 15) is 4.79 Å². The lowest BCUT2D eigenvalue weighted by molar-refractivity contribution is 0.183. The minimum atomic E-state index is -0.153. The minimum absolute atomic E-state index is 0.127. The highest BCUT2D eigenvalue weighted by Gasteiger charge is 2.20. The number of aromatic nitrogens is 4. The Morgan fingerprint density at radius 3 is 2.88 bits per heavy atom. The average Bonchev–Trinajstić information content (AvgIpc) is 3.10. The zero-order chi connectivity index (χ0) is 18.7. The molecule has 0 aliphatic heterocycles. The maximum Gasteiger partial charge on any atom is 0.262 e. The monoisotopic (exact) mass is 394 g/mol. The molecule has 0 bridgehead atoms. The molecule has 0 saturated heterocycles. The van der Waals surface area contributed by atoms with E-state index in [1.807, 2.05) is 13.8 Å². The Balaban J connectivity index is 2.02. The van der Waals surface area contributed by atoms with Gasteiger partial charge in [0, 0.05) is 18.6 Å². The number of nitrogens with zero attached hydrogens (tertiary/aromatic N) is 4. The van der Waals surface area contributed by atoms with E-state index in [4.69, 9.17) is 20.9 Å². The van der Waals surface area contributed by atoms with Crippen LogP contribution in [0.5, 0.6) is 0 Å². The van der Waals surface area contributed by atoms with Crippen molar-refractivity contribution >= 4 is 34.3 Å². The van der Waals surface area contributed by atoms with Crippen LogP contribution in [0.4, 0.5) is 0 Å². The molecule has 0 aliphatic rings. The van der Waals surface area contributed by atoms with Gasteiger partial charge in [0.05, 0.1) is 29.3 Å². The third-order valence-electron chi connectivity index (χ3n) is 3.83. The second-order valence-corrected chi connectivity index (χ2v) is 7.41. The second-order valence-electron chi connectivity index (χ2n) is 5.67. The maximum atomic E-state index is 12.9. The number of halogens is 1. The maximum absolute atomic E-state index is 12.9. The molecule has 0 radical (unpaired) electrons. The van der Waals surface area contributed by atoms with Gasteiger partial charge < -0.3 is 9.26 Å². The number of benzene rings is 1. The fourth-order valence-corrected chi connectivity index (χ4v) is 3.56. The zero-order valence-corrected chi connectivity index (χ0v) is 16.3. The number of hydrogen-bond acceptors (Lipinski definition) is 7. The van der Waals surface area contributed by atoms with Crippen molar-refractivity contribution in [1.82, 2.24) is 19.7 Å². The quantitative estimate of drug-likeness (QED) is 0.448. The lowest BCUT2D eigenvalue weighted by Gasteiger charge is -2.14. The number of rotatable bonds is 7. The number of methoxy groups -OCH3 is 1. The Morgan fingerprint density at radius 1 is 1.38 bits per heavy atom. The van der Waals surface area contributed by atoms with Crippen molar-refractivity contribution in [3.63, 3.8) is 0 Å². The molecule has 1 unspecified atom stereocenters. The van der Waals surface area contributed by atoms with Crippen LogP contribution in [0.2, 0.25) is 5.02 Å². The van der Waals surface area contributed by atoms with E-state index in [0.29, 0.717) is 52.4 Å². The summed E-state index contributed by atoms with van der Waals surface area (Å²) >= 11 is 7.45. The van der Waals surface area contributed by atoms with E-state index < -0.39 is 0 Å². The van der Waals surface area contributed by atoms with Gasteiger partial charge in [-0.2, -0.15) is 4.98 Å². The van der Waals surface area contributed by atoms with Gasteiger partial charge in [-0.25, -0.2) is 4.98 Å². The molecule has 26 heavy (non-hydrogen) atoms. The van der Waals surface area contributed by atoms with E-state index in [1.165, 1.54) is 11.8 Å². The van der Waals surface area contributed by atoms with Gasteiger partial charge in [-0.1, -0.05) is 35.4 Å². The second kappa shape index (κ2) is 8.20. The van der Waals surface area contributed by atoms with Crippen LogP contribution in [-0.4, -0.2) is 33.4 Å². The highest BCUT2D eigenvalue weighted by molar-refractivity contribution is 7.99. The first kappa shape index (κ1) is 18.9. The van der Waals surface area contributed by atoms with E-state index >= 15 is 0 Å². The van der Waals surface area contributed by atoms with Crippen molar-refractivity contribution in [2.24, 2.45) is 0 Å². The fourth-order valence-electron chi connectivity index (χ4n) is 2.43. The highest BCUT2D eigenvalue weighted by atomic mass is 35.5. The normalized spacial score (nSPS) is 12.6. The molecule has 0 amide bonds. The minimum Gasteiger partial charge on any atom is -0.383 e. The molecule has 0 fully saturated rings. The van der Waals surface area contributed by atoms with Gasteiger partial charge in [-0.05, 0) is 25.1 Å². The van der Waals surface area contributed by atoms with Gasteiger partial charge >= 0.3 is 0 Å². The van der Waals surface area contributed by atoms with Crippen molar-refractivity contribution in [2.45, 2.75) is 37.2 Å². The fraction of sp³-hybridized carbons (Fsp3) is 0.412. The van der Waals surface area contributed by atoms with Crippen LogP contribution in [0.3, 0.4) is 0 Å². The van der Waals surface area contributed by atoms with Crippen LogP contribution in [0, 0.1) is 0 Å². The van der Waals surface area contributed by atoms with Crippen LogP contribution in [0.25, 0.3) is 10.9 Å². The number of ether oxygens (including phenoxy) is 1. The zero-order valence-electron chi connectivity index (χ0n) is 14.7. The lowest BCUT2D eigenvalue weighted by Crippen LogP contribution is -2.25. The van der Waals surface area contributed by atoms with Gasteiger partial charge in [-0.3, -0.25) is 9.36 Å². The van der Waals surface area contributed by atoms with Crippen LogP contribution >= 0.6 is 23.4 Å². The number of fused-ring (bicyclic) bond motifs is 1. The molecule has 2 heterocycles. The smallest absolute Gasteiger partial charge is 0.262 e. The first-order chi connectivity index (χ1) is 12.5. The van der Waals surface area contributed by atoms with Crippen molar-refractivity contribution in [2.75, 3.05) is 13.7 Å². The van der Waals surface area contributed by atoms with E-state index in [1.54, 1.807) is 29.9 Å². The van der Waals surface area contributed by atoms with Gasteiger partial charge in [0.15, 0.2) is 11.0 Å². The van der Waals surface area contributed by atoms with Gasteiger partial charge in [0.1, 0.15) is 0 Å². The SMILES string of the molecule is CCc1noc(C(C)Sc2nc3cc(Cl)ccc3c(=O)n2CCOC)n1. The van der Waals surface area contributed by atoms with Crippen LogP contribution in [-0.2, 0) is 17.7 Å². The molecule has 2 aromatic heterocycles. The summed E-state index contributed by atoms with van der Waals surface area (Å²) in [5.41, 5.74) is 0.434. The predicted molar refractivity (Wildman–Crippen MR) is 101 cm³/mol. The van der Waals surface area contributed by atoms with Crippen molar-refractivity contribution in [3.05, 3.63) is 45.3 Å². The molecule has 0 spiro atoms. The third-order valence-corrected chi connectivity index (χ3v) is 5.14. The van der Waals surface area contributed by atoms with Gasteiger partial charge in [0.2, 0.25) is 5.89 Å². The summed E-state index contributed by atoms with van der Waals surface area (Å²) in [5.74, 6) is 1.16. The summed E-state index contributed by atoms with van der Waals surface area (Å²) in [7, 11) is 1.60. The molecule has 1 aromatic carbocycles. The number of thioether (sulfide) groups is 1. The summed E-state index contributed by atoms with van der Waals surface area (Å²) in [4.78, 5) is 21.9. The molecule has 3 aromatic rings. The molecule has 0 aliphatic carbocycles. The number of hydrogen-bond donors (Lipinski definition) is 0. The van der Waals surface area contributed by atoms with Crippen molar-refractivity contribution in [3.8, 4) is 0 Å². The lowest BCUT2D eigenvalue weighted by atomic mass is 10.2. The average molecular weight is 395 g/mol. The standard InChI is InChI=1S/C17H19ClN4O3S/c1-4-14-20-15(25-21-14)10(2)26-17-19-13-9-11(18)5-6-12(13)16(23)22(17)7-8-24-3/h5-6,9-10H,4,7-8H2,1-3H3. The van der Waals surface area contributed by atoms with E-state index in [2.05, 4.69) is 15.1 Å². The molecular formula is C17H19ClN4O3S. The third kappa shape index (κ3) is 3.92. The summed E-state index contributed by atoms with van der Waals surface area (Å²) < 4.78 is 12.0. The van der Waals surface area contributed by atoms with Gasteiger partial charge in [-0.15, -0.1) is 0 Å². The Labute approximate surface area is 159 Å². The molecule has 7 nitrogen and oxygen atoms in total. The van der Waals surface area contributed by atoms with Crippen LogP contribution in [0.1, 0.15) is 30.8 Å². The van der Waals surface area contributed by atoms with Gasteiger partial charge in [0.25, 0.3) is 5.56 Å². The molecule has 1 atom stereocenters. The summed E-state index contributed by atoms with van der Waals surface area (Å²) in [6.07, 6.45) is 0.701. The first-order valence-electron chi connectivity index (χ1n) is 8.21. The largest absolute Gasteiger partial charge is 0.383 e. The Morgan fingerprint density at radius 2 is 2.19 bits per heavy atom. The van der Waals surface area contributed by atoms with E-state index in [-0.39, 0.29) is 10.8 Å². The summed E-state index contributed by atoms with van der Waals surface area (Å²) in [6, 6.07) is 5.07. The molecule has 0 saturated carbocycles. The highest BCUT2D eigenvalue weighted by Crippen LogP contribution is 2.33. The topological polar surface area (TPSA) is 83.0 Å². The van der Waals surface area contributed by atoms with Crippen LogP contribution in [0.15, 0.2) is 32.7 Å².